The van der Waals surface area contributed by atoms with Gasteiger partial charge in [0.15, 0.2) is 5.69 Å². The molecule has 0 fully saturated rings. The minimum Gasteiger partial charge on any atom is -0.461 e. The highest BCUT2D eigenvalue weighted by atomic mass is 35.5. The van der Waals surface area contributed by atoms with E-state index in [9.17, 15) is 31.9 Å². The van der Waals surface area contributed by atoms with Crippen LogP contribution in [0.25, 0.3) is 11.3 Å². The molecule has 0 bridgehead atoms. The Morgan fingerprint density at radius 3 is 2.32 bits per heavy atom. The third kappa shape index (κ3) is 6.59. The van der Waals surface area contributed by atoms with Crippen molar-refractivity contribution < 1.29 is 41.3 Å². The summed E-state index contributed by atoms with van der Waals surface area (Å²) in [6.07, 6.45) is -5.03. The van der Waals surface area contributed by atoms with Crippen molar-refractivity contribution in [1.29, 1.82) is 0 Å². The molecule has 0 radical (unpaired) electrons. The molecule has 2 rings (SSSR count). The highest BCUT2D eigenvalue weighted by molar-refractivity contribution is 6.36. The van der Waals surface area contributed by atoms with Gasteiger partial charge in [-0.25, -0.2) is 4.79 Å². The van der Waals surface area contributed by atoms with E-state index in [0.717, 1.165) is 24.6 Å². The van der Waals surface area contributed by atoms with Crippen LogP contribution in [0, 0.1) is 5.41 Å². The Morgan fingerprint density at radius 1 is 1.21 bits per heavy atom. The van der Waals surface area contributed by atoms with Crippen LogP contribution in [0.2, 0.25) is 5.02 Å². The number of nitrogens with zero attached hydrogens (tertiary/aromatic N) is 2. The molecular formula is C22H26ClF5N2O4. The molecule has 34 heavy (non-hydrogen) atoms. The summed E-state index contributed by atoms with van der Waals surface area (Å²) in [4.78, 5) is 12.3. The fourth-order valence-electron chi connectivity index (χ4n) is 3.18. The lowest BCUT2D eigenvalue weighted by Gasteiger charge is -2.28. The van der Waals surface area contributed by atoms with Gasteiger partial charge in [0.1, 0.15) is 10.8 Å². The summed E-state index contributed by atoms with van der Waals surface area (Å²) >= 11 is 6.38. The lowest BCUT2D eigenvalue weighted by Crippen LogP contribution is -2.34. The number of ether oxygens (including phenoxy) is 2. The molecule has 0 saturated heterocycles. The van der Waals surface area contributed by atoms with E-state index in [0.29, 0.717) is 0 Å². The largest absolute Gasteiger partial charge is 0.461 e. The first-order valence-corrected chi connectivity index (χ1v) is 10.6. The summed E-state index contributed by atoms with van der Waals surface area (Å²) in [7, 11) is 0. The number of halogens is 6. The Labute approximate surface area is 198 Å². The summed E-state index contributed by atoms with van der Waals surface area (Å²) in [6, 6.07) is 3.65. The highest BCUT2D eigenvalue weighted by Crippen LogP contribution is 2.43. The number of aliphatic hydroxyl groups is 1. The SMILES string of the molecule is CCOC(=O)c1nn(CC(C)(C)O)c(-c2ccc(CC(C)(C)C(F)(F)F)cc2OC(F)F)c1Cl. The van der Waals surface area contributed by atoms with E-state index < -0.39 is 41.9 Å². The Bertz CT molecular complexity index is 1030. The third-order valence-corrected chi connectivity index (χ3v) is 5.19. The number of rotatable bonds is 9. The number of aromatic nitrogens is 2. The fraction of sp³-hybridized carbons (Fsp3) is 0.545. The average Bonchev–Trinajstić information content (AvgIpc) is 2.95. The molecule has 0 spiro atoms. The summed E-state index contributed by atoms with van der Waals surface area (Å²) in [5, 5.41) is 14.1. The normalized spacial score (nSPS) is 12.9. The highest BCUT2D eigenvalue weighted by Gasteiger charge is 2.47. The number of carbonyl (C=O) groups is 1. The second kappa shape index (κ2) is 10.1. The quantitative estimate of drug-likeness (QED) is 0.335. The van der Waals surface area contributed by atoms with Crippen molar-refractivity contribution in [3.8, 4) is 17.0 Å². The average molecular weight is 513 g/mol. The zero-order valence-corrected chi connectivity index (χ0v) is 20.0. The van der Waals surface area contributed by atoms with E-state index in [1.54, 1.807) is 6.92 Å². The van der Waals surface area contributed by atoms with Crippen molar-refractivity contribution in [3.05, 3.63) is 34.5 Å². The Hall–Kier alpha value is -2.40. The smallest absolute Gasteiger partial charge is 0.394 e. The van der Waals surface area contributed by atoms with Crippen LogP contribution in [-0.2, 0) is 17.7 Å². The van der Waals surface area contributed by atoms with Gasteiger partial charge in [0.2, 0.25) is 0 Å². The van der Waals surface area contributed by atoms with E-state index in [4.69, 9.17) is 16.3 Å². The van der Waals surface area contributed by atoms with E-state index in [2.05, 4.69) is 9.84 Å². The predicted octanol–water partition coefficient (Wildman–Crippen LogP) is 5.88. The summed E-state index contributed by atoms with van der Waals surface area (Å²) in [5.41, 5.74) is -3.79. The van der Waals surface area contributed by atoms with Crippen LogP contribution < -0.4 is 4.74 Å². The first-order valence-electron chi connectivity index (χ1n) is 10.3. The van der Waals surface area contributed by atoms with Crippen molar-refractivity contribution in [3.63, 3.8) is 0 Å². The van der Waals surface area contributed by atoms with Crippen LogP contribution in [0.1, 0.15) is 50.7 Å². The van der Waals surface area contributed by atoms with E-state index >= 15 is 0 Å². The van der Waals surface area contributed by atoms with Crippen LogP contribution in [0.15, 0.2) is 18.2 Å². The standard InChI is InChI=1S/C22H26ClF5N2O4/c1-6-33-18(31)16-15(23)17(30(29-16)11-21(4,5)32)13-8-7-12(9-14(13)34-19(24)25)10-20(2,3)22(26,27)28/h7-9,19,32H,6,10-11H2,1-5H3. The van der Waals surface area contributed by atoms with Crippen molar-refractivity contribution >= 4 is 17.6 Å². The number of esters is 1. The summed E-state index contributed by atoms with van der Waals surface area (Å²) in [6.45, 7) is 3.00. The van der Waals surface area contributed by atoms with Crippen LogP contribution in [0.3, 0.4) is 0 Å². The molecular weight excluding hydrogens is 487 g/mol. The molecule has 1 heterocycles. The van der Waals surface area contributed by atoms with Gasteiger partial charge in [-0.2, -0.15) is 27.1 Å². The monoisotopic (exact) mass is 512 g/mol. The number of hydrogen-bond donors (Lipinski definition) is 1. The van der Waals surface area contributed by atoms with Crippen molar-refractivity contribution in [2.75, 3.05) is 6.61 Å². The predicted molar refractivity (Wildman–Crippen MR) is 115 cm³/mol. The molecule has 6 nitrogen and oxygen atoms in total. The van der Waals surface area contributed by atoms with Gasteiger partial charge in [0.05, 0.1) is 29.9 Å². The minimum absolute atomic E-state index is 0.0201. The van der Waals surface area contributed by atoms with Crippen molar-refractivity contribution in [2.24, 2.45) is 5.41 Å². The van der Waals surface area contributed by atoms with Gasteiger partial charge in [0.25, 0.3) is 0 Å². The Morgan fingerprint density at radius 2 is 1.82 bits per heavy atom. The molecule has 1 aromatic carbocycles. The van der Waals surface area contributed by atoms with Gasteiger partial charge in [-0.1, -0.05) is 31.5 Å². The number of benzene rings is 1. The maximum Gasteiger partial charge on any atom is 0.394 e. The summed E-state index contributed by atoms with van der Waals surface area (Å²) < 4.78 is 77.1. The van der Waals surface area contributed by atoms with E-state index in [1.807, 2.05) is 0 Å². The Balaban J connectivity index is 2.69. The third-order valence-electron chi connectivity index (χ3n) is 4.83. The molecule has 0 unspecified atom stereocenters. The van der Waals surface area contributed by atoms with Crippen molar-refractivity contribution in [1.82, 2.24) is 9.78 Å². The van der Waals surface area contributed by atoms with Gasteiger partial charge in [-0.15, -0.1) is 0 Å². The number of hydrogen-bond acceptors (Lipinski definition) is 5. The lowest BCUT2D eigenvalue weighted by molar-refractivity contribution is -0.211. The maximum absolute atomic E-state index is 13.3. The molecule has 0 aliphatic heterocycles. The van der Waals surface area contributed by atoms with Crippen LogP contribution in [-0.4, -0.2) is 45.9 Å². The number of carbonyl (C=O) groups excluding carboxylic acids is 1. The van der Waals surface area contributed by atoms with Crippen LogP contribution in [0.4, 0.5) is 22.0 Å². The molecule has 0 aliphatic carbocycles. The van der Waals surface area contributed by atoms with E-state index in [1.165, 1.54) is 26.0 Å². The first kappa shape index (κ1) is 27.8. The van der Waals surface area contributed by atoms with E-state index in [-0.39, 0.29) is 40.7 Å². The van der Waals surface area contributed by atoms with Gasteiger partial charge < -0.3 is 14.6 Å². The molecule has 0 amide bonds. The first-order chi connectivity index (χ1) is 15.5. The minimum atomic E-state index is -4.53. The van der Waals surface area contributed by atoms with Crippen LogP contribution >= 0.6 is 11.6 Å². The Kier molecular flexibility index (Phi) is 8.25. The maximum atomic E-state index is 13.3. The molecule has 0 aliphatic rings. The van der Waals surface area contributed by atoms with Crippen LogP contribution in [0.5, 0.6) is 5.75 Å². The van der Waals surface area contributed by atoms with Gasteiger partial charge in [-0.05, 0) is 44.9 Å². The molecule has 190 valence electrons. The van der Waals surface area contributed by atoms with Gasteiger partial charge >= 0.3 is 18.8 Å². The molecule has 1 N–H and O–H groups in total. The molecule has 0 atom stereocenters. The van der Waals surface area contributed by atoms with Gasteiger partial charge in [-0.3, -0.25) is 4.68 Å². The molecule has 12 heteroatoms. The second-order valence-electron chi connectivity index (χ2n) is 8.97. The van der Waals surface area contributed by atoms with Crippen molar-refractivity contribution in [2.45, 2.75) is 66.0 Å². The molecule has 2 aromatic rings. The fourth-order valence-corrected chi connectivity index (χ4v) is 3.50. The van der Waals surface area contributed by atoms with Gasteiger partial charge in [0, 0.05) is 5.56 Å². The lowest BCUT2D eigenvalue weighted by atomic mass is 9.84. The zero-order chi connectivity index (χ0) is 26.1. The number of alkyl halides is 5. The zero-order valence-electron chi connectivity index (χ0n) is 19.3. The molecule has 1 aromatic heterocycles. The topological polar surface area (TPSA) is 73.6 Å². The summed E-state index contributed by atoms with van der Waals surface area (Å²) in [5.74, 6) is -1.33. The molecule has 0 saturated carbocycles. The second-order valence-corrected chi connectivity index (χ2v) is 9.35.